The fourth-order valence-electron chi connectivity index (χ4n) is 1.67. The predicted octanol–water partition coefficient (Wildman–Crippen LogP) is 2.11. The number of benzene rings is 1. The summed E-state index contributed by atoms with van der Waals surface area (Å²) in [4.78, 5) is 15.1. The van der Waals surface area contributed by atoms with E-state index >= 15 is 0 Å². The van der Waals surface area contributed by atoms with Gasteiger partial charge in [-0.15, -0.1) is 0 Å². The van der Waals surface area contributed by atoms with Gasteiger partial charge in [0.15, 0.2) is 0 Å². The van der Waals surface area contributed by atoms with Crippen LogP contribution in [0.1, 0.15) is 15.9 Å². The number of nitrogens with one attached hydrogen (secondary N) is 1. The second-order valence-electron chi connectivity index (χ2n) is 3.90. The number of hydrogen-bond donors (Lipinski definition) is 3. The van der Waals surface area contributed by atoms with Gasteiger partial charge in [-0.3, -0.25) is 4.98 Å². The number of carboxylic acids is 1. The molecule has 0 atom stereocenters. The number of hydrogen-bond acceptors (Lipinski definition) is 4. The summed E-state index contributed by atoms with van der Waals surface area (Å²) in [5.74, 6) is -2.02. The number of pyridine rings is 1. The van der Waals surface area contributed by atoms with Crippen LogP contribution in [-0.4, -0.2) is 16.1 Å². The second kappa shape index (κ2) is 5.34. The highest BCUT2D eigenvalue weighted by Gasteiger charge is 2.17. The van der Waals surface area contributed by atoms with Crippen LogP contribution in [0.2, 0.25) is 0 Å². The molecule has 0 aliphatic rings. The molecule has 0 saturated carbocycles. The zero-order valence-electron chi connectivity index (χ0n) is 9.93. The van der Waals surface area contributed by atoms with E-state index in [0.29, 0.717) is 6.54 Å². The van der Waals surface area contributed by atoms with E-state index in [-0.39, 0.29) is 16.9 Å². The van der Waals surface area contributed by atoms with Gasteiger partial charge in [0.25, 0.3) is 0 Å². The lowest BCUT2D eigenvalue weighted by Crippen LogP contribution is -2.10. The highest BCUT2D eigenvalue weighted by molar-refractivity contribution is 6.00. The van der Waals surface area contributed by atoms with Crippen molar-refractivity contribution >= 4 is 17.3 Å². The summed E-state index contributed by atoms with van der Waals surface area (Å²) in [5.41, 5.74) is 5.96. The van der Waals surface area contributed by atoms with Gasteiger partial charge in [-0.25, -0.2) is 9.18 Å². The largest absolute Gasteiger partial charge is 0.478 e. The Bertz CT molecular complexity index is 602. The Morgan fingerprint density at radius 3 is 2.84 bits per heavy atom. The first-order valence-corrected chi connectivity index (χ1v) is 5.53. The third kappa shape index (κ3) is 2.79. The first-order chi connectivity index (χ1) is 9.09. The minimum atomic E-state index is -1.27. The second-order valence-corrected chi connectivity index (χ2v) is 3.90. The fraction of sp³-hybridized carbons (Fsp3) is 0.0769. The molecule has 2 rings (SSSR count). The lowest BCUT2D eigenvalue weighted by atomic mass is 10.1. The molecule has 1 aromatic heterocycles. The van der Waals surface area contributed by atoms with E-state index in [4.69, 9.17) is 10.8 Å². The van der Waals surface area contributed by atoms with Crippen LogP contribution in [0, 0.1) is 5.82 Å². The molecule has 0 saturated heterocycles. The normalized spacial score (nSPS) is 10.2. The van der Waals surface area contributed by atoms with Gasteiger partial charge in [-0.05, 0) is 23.8 Å². The van der Waals surface area contributed by atoms with Crippen LogP contribution in [0.25, 0.3) is 0 Å². The molecule has 0 aliphatic carbocycles. The third-order valence-electron chi connectivity index (χ3n) is 2.61. The lowest BCUT2D eigenvalue weighted by Gasteiger charge is -2.11. The van der Waals surface area contributed by atoms with Crippen LogP contribution in [0.15, 0.2) is 36.7 Å². The fourth-order valence-corrected chi connectivity index (χ4v) is 1.67. The van der Waals surface area contributed by atoms with Crippen LogP contribution in [0.4, 0.5) is 15.8 Å². The Labute approximate surface area is 108 Å². The molecule has 0 fully saturated rings. The minimum absolute atomic E-state index is 0.260. The number of nitrogens with zero attached hydrogens (tertiary/aromatic N) is 1. The molecule has 98 valence electrons. The van der Waals surface area contributed by atoms with Crippen LogP contribution in [-0.2, 0) is 6.54 Å². The summed E-state index contributed by atoms with van der Waals surface area (Å²) in [6.45, 7) is 0.374. The molecule has 5 nitrogen and oxygen atoms in total. The van der Waals surface area contributed by atoms with Gasteiger partial charge in [0.05, 0.1) is 11.4 Å². The monoisotopic (exact) mass is 261 g/mol. The summed E-state index contributed by atoms with van der Waals surface area (Å²) in [6.07, 6.45) is 3.29. The van der Waals surface area contributed by atoms with Gasteiger partial charge in [-0.1, -0.05) is 6.07 Å². The first kappa shape index (κ1) is 12.8. The highest BCUT2D eigenvalue weighted by atomic mass is 19.1. The zero-order valence-corrected chi connectivity index (χ0v) is 9.93. The number of rotatable bonds is 4. The Kier molecular flexibility index (Phi) is 3.61. The van der Waals surface area contributed by atoms with Crippen molar-refractivity contribution in [1.29, 1.82) is 0 Å². The summed E-state index contributed by atoms with van der Waals surface area (Å²) >= 11 is 0. The van der Waals surface area contributed by atoms with E-state index < -0.39 is 11.8 Å². The first-order valence-electron chi connectivity index (χ1n) is 5.53. The third-order valence-corrected chi connectivity index (χ3v) is 2.61. The Morgan fingerprint density at radius 1 is 1.42 bits per heavy atom. The minimum Gasteiger partial charge on any atom is -0.478 e. The van der Waals surface area contributed by atoms with E-state index in [1.807, 2.05) is 6.07 Å². The zero-order chi connectivity index (χ0) is 13.8. The van der Waals surface area contributed by atoms with Crippen molar-refractivity contribution in [3.05, 3.63) is 53.6 Å². The maximum atomic E-state index is 13.3. The van der Waals surface area contributed by atoms with Crippen molar-refractivity contribution in [3.63, 3.8) is 0 Å². The smallest absolute Gasteiger partial charge is 0.340 e. The standard InChI is InChI=1S/C13H12FN3O2/c14-9-3-4-10(11(12(9)15)13(18)19)17-7-8-2-1-5-16-6-8/h1-6,17H,7,15H2,(H,18,19). The molecule has 0 spiro atoms. The predicted molar refractivity (Wildman–Crippen MR) is 69.3 cm³/mol. The number of nitrogens with two attached hydrogens (primary N) is 1. The van der Waals surface area contributed by atoms with E-state index in [1.165, 1.54) is 6.07 Å². The van der Waals surface area contributed by atoms with E-state index in [2.05, 4.69) is 10.3 Å². The summed E-state index contributed by atoms with van der Waals surface area (Å²) in [6, 6.07) is 6.10. The molecule has 4 N–H and O–H groups in total. The topological polar surface area (TPSA) is 88.2 Å². The molecule has 19 heavy (non-hydrogen) atoms. The lowest BCUT2D eigenvalue weighted by molar-refractivity contribution is 0.0698. The molecule has 1 aromatic carbocycles. The van der Waals surface area contributed by atoms with E-state index in [1.54, 1.807) is 18.5 Å². The average Bonchev–Trinajstić information content (AvgIpc) is 2.41. The summed E-state index contributed by atoms with van der Waals surface area (Å²) in [7, 11) is 0. The Balaban J connectivity index is 2.26. The van der Waals surface area contributed by atoms with Gasteiger partial charge in [-0.2, -0.15) is 0 Å². The Hall–Kier alpha value is -2.63. The highest BCUT2D eigenvalue weighted by Crippen LogP contribution is 2.25. The van der Waals surface area contributed by atoms with Crippen molar-refractivity contribution < 1.29 is 14.3 Å². The number of carbonyl (C=O) groups is 1. The van der Waals surface area contributed by atoms with Crippen LogP contribution in [0.5, 0.6) is 0 Å². The summed E-state index contributed by atoms with van der Waals surface area (Å²) in [5, 5.41) is 12.0. The Morgan fingerprint density at radius 2 is 2.21 bits per heavy atom. The molecule has 0 amide bonds. The van der Waals surface area contributed by atoms with Gasteiger partial charge in [0.2, 0.25) is 0 Å². The van der Waals surface area contributed by atoms with Crippen molar-refractivity contribution in [2.45, 2.75) is 6.54 Å². The molecule has 6 heteroatoms. The number of halogens is 1. The van der Waals surface area contributed by atoms with E-state index in [9.17, 15) is 9.18 Å². The SMILES string of the molecule is Nc1c(F)ccc(NCc2cccnc2)c1C(=O)O. The quantitative estimate of drug-likeness (QED) is 0.733. The molecule has 0 aliphatic heterocycles. The molecule has 0 radical (unpaired) electrons. The van der Waals surface area contributed by atoms with Gasteiger partial charge in [0.1, 0.15) is 11.4 Å². The van der Waals surface area contributed by atoms with Gasteiger partial charge >= 0.3 is 5.97 Å². The maximum Gasteiger partial charge on any atom is 0.340 e. The van der Waals surface area contributed by atoms with Gasteiger partial charge < -0.3 is 16.2 Å². The van der Waals surface area contributed by atoms with Crippen molar-refractivity contribution in [2.24, 2.45) is 0 Å². The maximum absolute atomic E-state index is 13.3. The number of aromatic carboxylic acids is 1. The van der Waals surface area contributed by atoms with Gasteiger partial charge in [0, 0.05) is 18.9 Å². The molecule has 0 unspecified atom stereocenters. The van der Waals surface area contributed by atoms with Crippen molar-refractivity contribution in [3.8, 4) is 0 Å². The molecular weight excluding hydrogens is 249 g/mol. The van der Waals surface area contributed by atoms with Crippen LogP contribution < -0.4 is 11.1 Å². The number of anilines is 2. The molecule has 2 aromatic rings. The molecule has 0 bridgehead atoms. The van der Waals surface area contributed by atoms with Crippen LogP contribution in [0.3, 0.4) is 0 Å². The summed E-state index contributed by atoms with van der Waals surface area (Å²) < 4.78 is 13.3. The average molecular weight is 261 g/mol. The van der Waals surface area contributed by atoms with Crippen molar-refractivity contribution in [1.82, 2.24) is 4.98 Å². The number of aromatic nitrogens is 1. The van der Waals surface area contributed by atoms with E-state index in [0.717, 1.165) is 11.6 Å². The van der Waals surface area contributed by atoms with Crippen molar-refractivity contribution in [2.75, 3.05) is 11.1 Å². The number of nitrogen functional groups attached to an aromatic ring is 1. The van der Waals surface area contributed by atoms with Crippen LogP contribution >= 0.6 is 0 Å². The molecular formula is C13H12FN3O2. The molecule has 1 heterocycles. The number of carboxylic acid groups (broad SMARTS) is 1.